The van der Waals surface area contributed by atoms with Crippen LogP contribution in [0.15, 0.2) is 28.8 Å². The van der Waals surface area contributed by atoms with E-state index in [4.69, 9.17) is 9.26 Å². The molecule has 1 aromatic carbocycles. The molecule has 1 saturated heterocycles. The van der Waals surface area contributed by atoms with Crippen LogP contribution in [0.25, 0.3) is 11.4 Å². The molecule has 1 aliphatic rings. The van der Waals surface area contributed by atoms with E-state index in [1.807, 2.05) is 24.3 Å². The standard InChI is InChI=1S/C15H19N3O2/c1-11-3-5-12(6-4-11)13-17-14(20-18-13)15(19-2)7-9-16-10-8-15/h3-6,16H,7-10H2,1-2H3. The van der Waals surface area contributed by atoms with E-state index >= 15 is 0 Å². The van der Waals surface area contributed by atoms with E-state index in [0.717, 1.165) is 31.5 Å². The average Bonchev–Trinajstić information content (AvgIpc) is 2.99. The van der Waals surface area contributed by atoms with Crippen molar-refractivity contribution in [2.24, 2.45) is 0 Å². The average molecular weight is 273 g/mol. The van der Waals surface area contributed by atoms with Crippen molar-refractivity contribution in [2.45, 2.75) is 25.4 Å². The topological polar surface area (TPSA) is 60.2 Å². The molecular formula is C15H19N3O2. The Balaban J connectivity index is 1.91. The minimum Gasteiger partial charge on any atom is -0.368 e. The second kappa shape index (κ2) is 5.34. The van der Waals surface area contributed by atoms with Gasteiger partial charge in [0.05, 0.1) is 0 Å². The van der Waals surface area contributed by atoms with E-state index < -0.39 is 5.60 Å². The van der Waals surface area contributed by atoms with Crippen molar-refractivity contribution in [2.75, 3.05) is 20.2 Å². The third kappa shape index (κ3) is 2.34. The Bertz CT molecular complexity index is 571. The van der Waals surface area contributed by atoms with Gasteiger partial charge >= 0.3 is 0 Å². The minimum absolute atomic E-state index is 0.443. The van der Waals surface area contributed by atoms with Gasteiger partial charge in [-0.25, -0.2) is 0 Å². The molecule has 106 valence electrons. The highest BCUT2D eigenvalue weighted by Crippen LogP contribution is 2.34. The second-order valence-corrected chi connectivity index (χ2v) is 5.24. The van der Waals surface area contributed by atoms with Crippen LogP contribution in [0.4, 0.5) is 0 Å². The van der Waals surface area contributed by atoms with Gasteiger partial charge in [0.15, 0.2) is 0 Å². The molecule has 0 saturated carbocycles. The summed E-state index contributed by atoms with van der Waals surface area (Å²) in [5.41, 5.74) is 1.73. The summed E-state index contributed by atoms with van der Waals surface area (Å²) in [6.45, 7) is 3.85. The number of hydrogen-bond acceptors (Lipinski definition) is 5. The van der Waals surface area contributed by atoms with Gasteiger partial charge in [-0.15, -0.1) is 0 Å². The molecule has 3 rings (SSSR count). The molecule has 1 aromatic heterocycles. The van der Waals surface area contributed by atoms with Gasteiger partial charge in [-0.2, -0.15) is 4.98 Å². The molecule has 1 N–H and O–H groups in total. The Kier molecular flexibility index (Phi) is 3.54. The molecule has 0 unspecified atom stereocenters. The Morgan fingerprint density at radius 1 is 1.20 bits per heavy atom. The van der Waals surface area contributed by atoms with Gasteiger partial charge in [0.2, 0.25) is 5.82 Å². The van der Waals surface area contributed by atoms with Gasteiger partial charge in [-0.1, -0.05) is 35.0 Å². The molecule has 0 radical (unpaired) electrons. The Hall–Kier alpha value is -1.72. The van der Waals surface area contributed by atoms with Crippen LogP contribution in [-0.2, 0) is 10.3 Å². The molecule has 1 fully saturated rings. The van der Waals surface area contributed by atoms with Gasteiger partial charge in [-0.3, -0.25) is 0 Å². The highest BCUT2D eigenvalue weighted by molar-refractivity contribution is 5.54. The lowest BCUT2D eigenvalue weighted by Gasteiger charge is -2.32. The predicted octanol–water partition coefficient (Wildman–Crippen LogP) is 2.27. The number of rotatable bonds is 3. The maximum atomic E-state index is 5.70. The number of benzene rings is 1. The molecule has 1 aliphatic heterocycles. The molecule has 0 atom stereocenters. The Morgan fingerprint density at radius 3 is 2.55 bits per heavy atom. The van der Waals surface area contributed by atoms with Crippen LogP contribution in [0, 0.1) is 6.92 Å². The molecule has 20 heavy (non-hydrogen) atoms. The minimum atomic E-state index is -0.443. The van der Waals surface area contributed by atoms with E-state index in [1.165, 1.54) is 5.56 Å². The fourth-order valence-corrected chi connectivity index (χ4v) is 2.56. The summed E-state index contributed by atoms with van der Waals surface area (Å²) in [5.74, 6) is 1.20. The van der Waals surface area contributed by atoms with Crippen LogP contribution >= 0.6 is 0 Å². The largest absolute Gasteiger partial charge is 0.368 e. The zero-order valence-corrected chi connectivity index (χ0v) is 11.8. The fourth-order valence-electron chi connectivity index (χ4n) is 2.56. The van der Waals surface area contributed by atoms with Crippen LogP contribution in [0.3, 0.4) is 0 Å². The van der Waals surface area contributed by atoms with Crippen LogP contribution in [0.1, 0.15) is 24.3 Å². The molecule has 5 nitrogen and oxygen atoms in total. The van der Waals surface area contributed by atoms with Gasteiger partial charge in [0, 0.05) is 12.7 Å². The van der Waals surface area contributed by atoms with E-state index in [2.05, 4.69) is 22.4 Å². The summed E-state index contributed by atoms with van der Waals surface area (Å²) in [4.78, 5) is 4.55. The number of hydrogen-bond donors (Lipinski definition) is 1. The second-order valence-electron chi connectivity index (χ2n) is 5.24. The highest BCUT2D eigenvalue weighted by atomic mass is 16.5. The normalized spacial score (nSPS) is 18.1. The first kappa shape index (κ1) is 13.3. The van der Waals surface area contributed by atoms with Gasteiger partial charge in [-0.05, 0) is 32.9 Å². The number of nitrogens with zero attached hydrogens (tertiary/aromatic N) is 2. The summed E-state index contributed by atoms with van der Waals surface area (Å²) in [5, 5.41) is 7.42. The molecule has 2 heterocycles. The number of methoxy groups -OCH3 is 1. The van der Waals surface area contributed by atoms with Crippen molar-refractivity contribution in [3.8, 4) is 11.4 Å². The summed E-state index contributed by atoms with van der Waals surface area (Å²) in [7, 11) is 1.71. The van der Waals surface area contributed by atoms with Crippen LogP contribution in [-0.4, -0.2) is 30.3 Å². The number of aryl methyl sites for hydroxylation is 1. The van der Waals surface area contributed by atoms with E-state index in [-0.39, 0.29) is 0 Å². The SMILES string of the molecule is COC1(c2nc(-c3ccc(C)cc3)no2)CCNCC1. The van der Waals surface area contributed by atoms with Gasteiger partial charge in [0.1, 0.15) is 5.60 Å². The van der Waals surface area contributed by atoms with Crippen molar-refractivity contribution in [1.29, 1.82) is 0 Å². The molecular weight excluding hydrogens is 254 g/mol. The van der Waals surface area contributed by atoms with Crippen molar-refractivity contribution in [1.82, 2.24) is 15.5 Å². The summed E-state index contributed by atoms with van der Waals surface area (Å²) >= 11 is 0. The first-order valence-electron chi connectivity index (χ1n) is 6.91. The van der Waals surface area contributed by atoms with E-state index in [0.29, 0.717) is 11.7 Å². The summed E-state index contributed by atoms with van der Waals surface area (Å²) in [6.07, 6.45) is 1.69. The predicted molar refractivity (Wildman–Crippen MR) is 75.3 cm³/mol. The van der Waals surface area contributed by atoms with Gasteiger partial charge < -0.3 is 14.6 Å². The Labute approximate surface area is 118 Å². The molecule has 0 aliphatic carbocycles. The smallest absolute Gasteiger partial charge is 0.259 e. The first-order valence-corrected chi connectivity index (χ1v) is 6.91. The van der Waals surface area contributed by atoms with E-state index in [9.17, 15) is 0 Å². The zero-order valence-electron chi connectivity index (χ0n) is 11.8. The maximum Gasteiger partial charge on any atom is 0.259 e. The molecule has 0 spiro atoms. The van der Waals surface area contributed by atoms with Crippen molar-refractivity contribution < 1.29 is 9.26 Å². The summed E-state index contributed by atoms with van der Waals surface area (Å²) in [6, 6.07) is 8.10. The third-order valence-electron chi connectivity index (χ3n) is 3.93. The van der Waals surface area contributed by atoms with Crippen LogP contribution < -0.4 is 5.32 Å². The molecule has 2 aromatic rings. The molecule has 0 amide bonds. The van der Waals surface area contributed by atoms with E-state index in [1.54, 1.807) is 7.11 Å². The lowest BCUT2D eigenvalue weighted by molar-refractivity contribution is -0.0622. The summed E-state index contributed by atoms with van der Waals surface area (Å²) < 4.78 is 11.2. The van der Waals surface area contributed by atoms with Gasteiger partial charge in [0.25, 0.3) is 5.89 Å². The quantitative estimate of drug-likeness (QED) is 0.929. The molecule has 5 heteroatoms. The number of piperidine rings is 1. The van der Waals surface area contributed by atoms with Crippen molar-refractivity contribution in [3.63, 3.8) is 0 Å². The third-order valence-corrected chi connectivity index (χ3v) is 3.93. The van der Waals surface area contributed by atoms with Crippen molar-refractivity contribution >= 4 is 0 Å². The highest BCUT2D eigenvalue weighted by Gasteiger charge is 2.39. The monoisotopic (exact) mass is 273 g/mol. The Morgan fingerprint density at radius 2 is 1.90 bits per heavy atom. The van der Waals surface area contributed by atoms with Crippen LogP contribution in [0.2, 0.25) is 0 Å². The lowest BCUT2D eigenvalue weighted by atomic mass is 9.92. The molecule has 0 bridgehead atoms. The zero-order chi connectivity index (χ0) is 14.0. The first-order chi connectivity index (χ1) is 9.73. The van der Waals surface area contributed by atoms with Crippen LogP contribution in [0.5, 0.6) is 0 Å². The lowest BCUT2D eigenvalue weighted by Crippen LogP contribution is -2.41. The van der Waals surface area contributed by atoms with Crippen molar-refractivity contribution in [3.05, 3.63) is 35.7 Å². The maximum absolute atomic E-state index is 5.70. The number of nitrogens with one attached hydrogen (secondary N) is 1. The fraction of sp³-hybridized carbons (Fsp3) is 0.467. The number of aromatic nitrogens is 2. The number of ether oxygens (including phenoxy) is 1.